The number of hydrogen-bond donors (Lipinski definition) is 3. The van der Waals surface area contributed by atoms with Gasteiger partial charge in [0.1, 0.15) is 0 Å². The Morgan fingerprint density at radius 3 is 2.47 bits per heavy atom. The minimum Gasteiger partial charge on any atom is -0.385 e. The number of benzene rings is 2. The fourth-order valence-electron chi connectivity index (χ4n) is 1.85. The Morgan fingerprint density at radius 1 is 1.00 bits per heavy atom. The smallest absolute Gasteiger partial charge is 0.316 e. The van der Waals surface area contributed by atoms with Crippen LogP contribution in [0.1, 0.15) is 5.56 Å². The van der Waals surface area contributed by atoms with Crippen molar-refractivity contribution in [3.05, 3.63) is 60.2 Å². The maximum atomic E-state index is 10.8. The van der Waals surface area contributed by atoms with Gasteiger partial charge < -0.3 is 16.4 Å². The van der Waals surface area contributed by atoms with Gasteiger partial charge in [-0.25, -0.2) is 4.79 Å². The van der Waals surface area contributed by atoms with Crippen molar-refractivity contribution in [1.82, 2.24) is 0 Å². The molecule has 0 spiro atoms. The number of urea groups is 1. The normalized spacial score (nSPS) is 9.89. The fraction of sp³-hybridized carbons (Fsp3) is 0.133. The second-order valence-electron chi connectivity index (χ2n) is 4.23. The number of nitrogens with one attached hydrogen (secondary N) is 2. The lowest BCUT2D eigenvalue weighted by molar-refractivity contribution is 0.259. The third-order valence-electron chi connectivity index (χ3n) is 2.72. The van der Waals surface area contributed by atoms with E-state index in [0.717, 1.165) is 18.7 Å². The quantitative estimate of drug-likeness (QED) is 0.769. The summed E-state index contributed by atoms with van der Waals surface area (Å²) in [7, 11) is 0. The summed E-state index contributed by atoms with van der Waals surface area (Å²) < 4.78 is 0. The van der Waals surface area contributed by atoms with E-state index < -0.39 is 6.03 Å². The van der Waals surface area contributed by atoms with Gasteiger partial charge in [-0.15, -0.1) is 0 Å². The topological polar surface area (TPSA) is 67.2 Å². The molecule has 0 saturated heterocycles. The van der Waals surface area contributed by atoms with Crippen molar-refractivity contribution >= 4 is 17.4 Å². The lowest BCUT2D eigenvalue weighted by Gasteiger charge is -2.08. The van der Waals surface area contributed by atoms with Crippen molar-refractivity contribution in [3.8, 4) is 0 Å². The number of primary amides is 1. The van der Waals surface area contributed by atoms with Crippen molar-refractivity contribution in [2.24, 2.45) is 5.73 Å². The van der Waals surface area contributed by atoms with Gasteiger partial charge in [0.2, 0.25) is 0 Å². The number of hydrogen-bond acceptors (Lipinski definition) is 2. The molecule has 2 aromatic carbocycles. The van der Waals surface area contributed by atoms with Crippen LogP contribution in [0.2, 0.25) is 0 Å². The van der Waals surface area contributed by atoms with E-state index in [1.54, 1.807) is 6.07 Å². The Bertz CT molecular complexity index is 540. The molecular weight excluding hydrogens is 238 g/mol. The van der Waals surface area contributed by atoms with Gasteiger partial charge in [0.25, 0.3) is 0 Å². The van der Waals surface area contributed by atoms with E-state index in [-0.39, 0.29) is 0 Å². The van der Waals surface area contributed by atoms with Gasteiger partial charge in [0.05, 0.1) is 0 Å². The van der Waals surface area contributed by atoms with Crippen LogP contribution in [-0.2, 0) is 6.42 Å². The van der Waals surface area contributed by atoms with Gasteiger partial charge in [0, 0.05) is 17.9 Å². The molecule has 19 heavy (non-hydrogen) atoms. The summed E-state index contributed by atoms with van der Waals surface area (Å²) in [5.74, 6) is 0. The van der Waals surface area contributed by atoms with Gasteiger partial charge in [-0.3, -0.25) is 0 Å². The summed E-state index contributed by atoms with van der Waals surface area (Å²) in [5, 5.41) is 5.87. The number of rotatable bonds is 5. The minimum atomic E-state index is -0.554. The van der Waals surface area contributed by atoms with Crippen molar-refractivity contribution in [2.75, 3.05) is 17.2 Å². The molecule has 0 fully saturated rings. The zero-order chi connectivity index (χ0) is 13.5. The predicted octanol–water partition coefficient (Wildman–Crippen LogP) is 2.83. The third-order valence-corrected chi connectivity index (χ3v) is 2.72. The van der Waals surface area contributed by atoms with E-state index in [9.17, 15) is 4.79 Å². The van der Waals surface area contributed by atoms with Crippen LogP contribution in [0.15, 0.2) is 54.6 Å². The van der Waals surface area contributed by atoms with E-state index in [0.29, 0.717) is 5.69 Å². The molecule has 0 heterocycles. The Kier molecular flexibility index (Phi) is 4.39. The molecule has 98 valence electrons. The molecule has 0 radical (unpaired) electrons. The maximum Gasteiger partial charge on any atom is 0.316 e. The third kappa shape index (κ3) is 4.35. The number of carbonyl (C=O) groups excluding carboxylic acids is 1. The molecule has 0 atom stereocenters. The lowest BCUT2D eigenvalue weighted by Crippen LogP contribution is -2.19. The van der Waals surface area contributed by atoms with E-state index in [1.165, 1.54) is 5.56 Å². The fourth-order valence-corrected chi connectivity index (χ4v) is 1.85. The maximum absolute atomic E-state index is 10.8. The van der Waals surface area contributed by atoms with Crippen molar-refractivity contribution in [2.45, 2.75) is 6.42 Å². The second-order valence-corrected chi connectivity index (χ2v) is 4.23. The van der Waals surface area contributed by atoms with Crippen LogP contribution in [-0.4, -0.2) is 12.6 Å². The predicted molar refractivity (Wildman–Crippen MR) is 78.3 cm³/mol. The monoisotopic (exact) mass is 255 g/mol. The first-order valence-electron chi connectivity index (χ1n) is 6.18. The lowest BCUT2D eigenvalue weighted by atomic mass is 10.1. The Morgan fingerprint density at radius 2 is 1.74 bits per heavy atom. The zero-order valence-electron chi connectivity index (χ0n) is 10.6. The van der Waals surface area contributed by atoms with Crippen LogP contribution in [0.4, 0.5) is 16.2 Å². The molecule has 0 aliphatic carbocycles. The molecule has 2 amide bonds. The molecule has 0 saturated carbocycles. The number of anilines is 2. The van der Waals surface area contributed by atoms with Gasteiger partial charge in [-0.05, 0) is 30.2 Å². The van der Waals surface area contributed by atoms with Crippen LogP contribution < -0.4 is 16.4 Å². The number of carbonyl (C=O) groups is 1. The minimum absolute atomic E-state index is 0.554. The van der Waals surface area contributed by atoms with E-state index >= 15 is 0 Å². The Balaban J connectivity index is 1.87. The summed E-state index contributed by atoms with van der Waals surface area (Å²) in [5.41, 5.74) is 8.03. The molecule has 0 aliphatic rings. The van der Waals surface area contributed by atoms with Gasteiger partial charge >= 0.3 is 6.03 Å². The van der Waals surface area contributed by atoms with Crippen molar-refractivity contribution in [3.63, 3.8) is 0 Å². The van der Waals surface area contributed by atoms with Crippen LogP contribution in [0.3, 0.4) is 0 Å². The largest absolute Gasteiger partial charge is 0.385 e. The molecule has 0 aliphatic heterocycles. The highest BCUT2D eigenvalue weighted by molar-refractivity contribution is 5.88. The van der Waals surface area contributed by atoms with Gasteiger partial charge in [-0.1, -0.05) is 36.4 Å². The highest BCUT2D eigenvalue weighted by Crippen LogP contribution is 2.14. The average Bonchev–Trinajstić information content (AvgIpc) is 2.40. The summed E-state index contributed by atoms with van der Waals surface area (Å²) in [6.07, 6.45) is 0.953. The summed E-state index contributed by atoms with van der Waals surface area (Å²) in [6.45, 7) is 0.837. The average molecular weight is 255 g/mol. The first-order chi connectivity index (χ1) is 9.24. The van der Waals surface area contributed by atoms with Crippen molar-refractivity contribution in [1.29, 1.82) is 0 Å². The second kappa shape index (κ2) is 6.44. The first-order valence-corrected chi connectivity index (χ1v) is 6.18. The number of nitrogens with two attached hydrogens (primary N) is 1. The van der Waals surface area contributed by atoms with E-state index in [4.69, 9.17) is 5.73 Å². The molecule has 4 nitrogen and oxygen atoms in total. The highest BCUT2D eigenvalue weighted by atomic mass is 16.2. The van der Waals surface area contributed by atoms with Crippen LogP contribution in [0, 0.1) is 0 Å². The molecule has 4 heteroatoms. The summed E-state index contributed by atoms with van der Waals surface area (Å²) in [6, 6.07) is 17.2. The molecule has 0 bridgehead atoms. The molecular formula is C15H17N3O. The van der Waals surface area contributed by atoms with E-state index in [1.807, 2.05) is 36.4 Å². The number of amides is 2. The molecule has 0 unspecified atom stereocenters. The molecule has 2 aromatic rings. The van der Waals surface area contributed by atoms with Crippen LogP contribution >= 0.6 is 0 Å². The molecule has 0 aromatic heterocycles. The molecule has 4 N–H and O–H groups in total. The standard InChI is InChI=1S/C15H17N3O/c16-15(19)18-14-8-4-7-13(11-14)17-10-9-12-5-2-1-3-6-12/h1-8,11,17H,9-10H2,(H3,16,18,19). The van der Waals surface area contributed by atoms with Crippen LogP contribution in [0.25, 0.3) is 0 Å². The Labute approximate surface area is 112 Å². The Hall–Kier alpha value is -2.49. The van der Waals surface area contributed by atoms with Gasteiger partial charge in [0.15, 0.2) is 0 Å². The summed E-state index contributed by atoms with van der Waals surface area (Å²) in [4.78, 5) is 10.8. The highest BCUT2D eigenvalue weighted by Gasteiger charge is 1.98. The van der Waals surface area contributed by atoms with Gasteiger partial charge in [-0.2, -0.15) is 0 Å². The van der Waals surface area contributed by atoms with E-state index in [2.05, 4.69) is 22.8 Å². The SMILES string of the molecule is NC(=O)Nc1cccc(NCCc2ccccc2)c1. The summed E-state index contributed by atoms with van der Waals surface area (Å²) >= 11 is 0. The van der Waals surface area contributed by atoms with Crippen molar-refractivity contribution < 1.29 is 4.79 Å². The molecule has 2 rings (SSSR count). The first kappa shape index (κ1) is 13.0. The van der Waals surface area contributed by atoms with Crippen LogP contribution in [0.5, 0.6) is 0 Å². The zero-order valence-corrected chi connectivity index (χ0v) is 10.6.